The molecule has 2 N–H and O–H groups in total. The Morgan fingerprint density at radius 2 is 2.10 bits per heavy atom. The van der Waals surface area contributed by atoms with Crippen LogP contribution >= 0.6 is 11.6 Å². The summed E-state index contributed by atoms with van der Waals surface area (Å²) in [5.74, 6) is 0. The average molecular weight is 300 g/mol. The van der Waals surface area contributed by atoms with Crippen molar-refractivity contribution in [3.8, 4) is 0 Å². The minimum Gasteiger partial charge on any atom is -0.444 e. The van der Waals surface area contributed by atoms with Crippen molar-refractivity contribution >= 4 is 17.7 Å². The quantitative estimate of drug-likeness (QED) is 0.898. The maximum atomic E-state index is 11.5. The molecule has 4 nitrogen and oxygen atoms in total. The van der Waals surface area contributed by atoms with E-state index >= 15 is 0 Å². The highest BCUT2D eigenvalue weighted by molar-refractivity contribution is 6.31. The van der Waals surface area contributed by atoms with Gasteiger partial charge in [0.15, 0.2) is 0 Å². The van der Waals surface area contributed by atoms with E-state index in [4.69, 9.17) is 16.3 Å². The molecule has 1 atom stereocenters. The summed E-state index contributed by atoms with van der Waals surface area (Å²) in [4.78, 5) is 11.5. The van der Waals surface area contributed by atoms with Crippen molar-refractivity contribution in [3.05, 3.63) is 34.3 Å². The largest absolute Gasteiger partial charge is 0.444 e. The van der Waals surface area contributed by atoms with Gasteiger partial charge in [0.2, 0.25) is 0 Å². The van der Waals surface area contributed by atoms with Gasteiger partial charge in [0.05, 0.1) is 6.10 Å². The molecule has 0 aliphatic heterocycles. The molecule has 0 bridgehead atoms. The van der Waals surface area contributed by atoms with Crippen LogP contribution in [0.5, 0.6) is 0 Å². The van der Waals surface area contributed by atoms with E-state index in [-0.39, 0.29) is 6.54 Å². The minimum absolute atomic E-state index is 0.149. The number of carbonyl (C=O) groups is 1. The summed E-state index contributed by atoms with van der Waals surface area (Å²) in [6.45, 7) is 7.44. The fourth-order valence-corrected chi connectivity index (χ4v) is 1.81. The molecular formula is C15H22ClNO3. The number of ether oxygens (including phenoxy) is 1. The van der Waals surface area contributed by atoms with Crippen molar-refractivity contribution in [2.45, 2.75) is 45.8 Å². The van der Waals surface area contributed by atoms with E-state index in [1.807, 2.05) is 19.1 Å². The lowest BCUT2D eigenvalue weighted by Crippen LogP contribution is -2.37. The summed E-state index contributed by atoms with van der Waals surface area (Å²) >= 11 is 5.95. The first kappa shape index (κ1) is 16.8. The van der Waals surface area contributed by atoms with Crippen molar-refractivity contribution in [1.82, 2.24) is 5.32 Å². The number of hydrogen-bond donors (Lipinski definition) is 2. The topological polar surface area (TPSA) is 58.6 Å². The van der Waals surface area contributed by atoms with Crippen LogP contribution in [-0.4, -0.2) is 29.4 Å². The molecule has 1 amide bonds. The van der Waals surface area contributed by atoms with E-state index in [0.717, 1.165) is 11.1 Å². The SMILES string of the molecule is Cc1cc(CC(O)CNC(=O)OC(C)(C)C)ccc1Cl. The number of benzene rings is 1. The molecule has 20 heavy (non-hydrogen) atoms. The number of alkyl carbamates (subject to hydrolysis) is 1. The van der Waals surface area contributed by atoms with Crippen LogP contribution in [0.15, 0.2) is 18.2 Å². The van der Waals surface area contributed by atoms with Gasteiger partial charge in [-0.1, -0.05) is 23.7 Å². The summed E-state index contributed by atoms with van der Waals surface area (Å²) in [7, 11) is 0. The molecule has 0 aliphatic carbocycles. The van der Waals surface area contributed by atoms with Crippen molar-refractivity contribution in [1.29, 1.82) is 0 Å². The molecular weight excluding hydrogens is 278 g/mol. The van der Waals surface area contributed by atoms with Gasteiger partial charge in [-0.05, 0) is 44.9 Å². The second kappa shape index (κ2) is 6.95. The van der Waals surface area contributed by atoms with Gasteiger partial charge in [-0.3, -0.25) is 0 Å². The van der Waals surface area contributed by atoms with Crippen molar-refractivity contribution in [3.63, 3.8) is 0 Å². The van der Waals surface area contributed by atoms with E-state index in [0.29, 0.717) is 11.4 Å². The predicted molar refractivity (Wildman–Crippen MR) is 80.1 cm³/mol. The average Bonchev–Trinajstić information content (AvgIpc) is 2.29. The van der Waals surface area contributed by atoms with Crippen LogP contribution in [-0.2, 0) is 11.2 Å². The fraction of sp³-hybridized carbons (Fsp3) is 0.533. The van der Waals surface area contributed by atoms with Crippen LogP contribution < -0.4 is 5.32 Å². The summed E-state index contributed by atoms with van der Waals surface area (Å²) in [5, 5.41) is 13.2. The second-order valence-electron chi connectivity index (χ2n) is 5.82. The van der Waals surface area contributed by atoms with Gasteiger partial charge in [-0.25, -0.2) is 4.79 Å². The number of amides is 1. The number of hydrogen-bond acceptors (Lipinski definition) is 3. The minimum atomic E-state index is -0.664. The Kier molecular flexibility index (Phi) is 5.84. The summed E-state index contributed by atoms with van der Waals surface area (Å²) in [5.41, 5.74) is 1.41. The third kappa shape index (κ3) is 6.26. The first-order valence-corrected chi connectivity index (χ1v) is 6.95. The van der Waals surface area contributed by atoms with Crippen LogP contribution in [0.4, 0.5) is 4.79 Å². The van der Waals surface area contributed by atoms with Gasteiger partial charge in [-0.15, -0.1) is 0 Å². The smallest absolute Gasteiger partial charge is 0.407 e. The molecule has 1 rings (SSSR count). The highest BCUT2D eigenvalue weighted by Gasteiger charge is 2.16. The molecule has 0 fully saturated rings. The number of aryl methyl sites for hydroxylation is 1. The first-order valence-electron chi connectivity index (χ1n) is 6.57. The maximum absolute atomic E-state index is 11.5. The van der Waals surface area contributed by atoms with Crippen LogP contribution in [0, 0.1) is 6.92 Å². The van der Waals surface area contributed by atoms with Gasteiger partial charge < -0.3 is 15.2 Å². The highest BCUT2D eigenvalue weighted by atomic mass is 35.5. The molecule has 0 saturated heterocycles. The zero-order chi connectivity index (χ0) is 15.3. The standard InChI is InChI=1S/C15H22ClNO3/c1-10-7-11(5-6-13(10)16)8-12(18)9-17-14(19)20-15(2,3)4/h5-7,12,18H,8-9H2,1-4H3,(H,17,19). The molecule has 0 saturated carbocycles. The lowest BCUT2D eigenvalue weighted by Gasteiger charge is -2.20. The van der Waals surface area contributed by atoms with Gasteiger partial charge in [0.25, 0.3) is 0 Å². The number of rotatable bonds is 4. The van der Waals surface area contributed by atoms with Crippen LogP contribution in [0.3, 0.4) is 0 Å². The molecule has 0 heterocycles. The Hall–Kier alpha value is -1.26. The third-order valence-electron chi connectivity index (χ3n) is 2.57. The van der Waals surface area contributed by atoms with Gasteiger partial charge in [-0.2, -0.15) is 0 Å². The monoisotopic (exact) mass is 299 g/mol. The number of aliphatic hydroxyl groups excluding tert-OH is 1. The lowest BCUT2D eigenvalue weighted by molar-refractivity contribution is 0.0492. The van der Waals surface area contributed by atoms with E-state index in [1.165, 1.54) is 0 Å². The van der Waals surface area contributed by atoms with E-state index < -0.39 is 17.8 Å². The Morgan fingerprint density at radius 3 is 2.65 bits per heavy atom. The third-order valence-corrected chi connectivity index (χ3v) is 3.00. The van der Waals surface area contributed by atoms with E-state index in [9.17, 15) is 9.90 Å². The van der Waals surface area contributed by atoms with Crippen molar-refractivity contribution < 1.29 is 14.6 Å². The van der Waals surface area contributed by atoms with Gasteiger partial charge >= 0.3 is 6.09 Å². The summed E-state index contributed by atoms with van der Waals surface area (Å²) < 4.78 is 5.09. The molecule has 1 unspecified atom stereocenters. The fourth-order valence-electron chi connectivity index (χ4n) is 1.69. The number of aliphatic hydroxyl groups is 1. The number of nitrogens with one attached hydrogen (secondary N) is 1. The Bertz CT molecular complexity index is 469. The van der Waals surface area contributed by atoms with Gasteiger partial charge in [0.1, 0.15) is 5.60 Å². The molecule has 112 valence electrons. The van der Waals surface area contributed by atoms with Crippen LogP contribution in [0.1, 0.15) is 31.9 Å². The highest BCUT2D eigenvalue weighted by Crippen LogP contribution is 2.17. The maximum Gasteiger partial charge on any atom is 0.407 e. The Balaban J connectivity index is 2.42. The first-order chi connectivity index (χ1) is 9.17. The predicted octanol–water partition coefficient (Wildman–Crippen LogP) is 3.08. The summed E-state index contributed by atoms with van der Waals surface area (Å²) in [6, 6.07) is 5.60. The van der Waals surface area contributed by atoms with Crippen molar-refractivity contribution in [2.75, 3.05) is 6.54 Å². The zero-order valence-electron chi connectivity index (χ0n) is 12.4. The van der Waals surface area contributed by atoms with Crippen molar-refractivity contribution in [2.24, 2.45) is 0 Å². The Morgan fingerprint density at radius 1 is 1.45 bits per heavy atom. The number of halogens is 1. The zero-order valence-corrected chi connectivity index (χ0v) is 13.1. The van der Waals surface area contributed by atoms with Gasteiger partial charge in [0, 0.05) is 18.0 Å². The molecule has 1 aromatic rings. The number of carbonyl (C=O) groups excluding carboxylic acids is 1. The van der Waals surface area contributed by atoms with E-state index in [2.05, 4.69) is 5.32 Å². The van der Waals surface area contributed by atoms with Crippen LogP contribution in [0.2, 0.25) is 5.02 Å². The summed E-state index contributed by atoms with van der Waals surface area (Å²) in [6.07, 6.45) is -0.736. The molecule has 5 heteroatoms. The molecule has 1 aromatic carbocycles. The second-order valence-corrected chi connectivity index (χ2v) is 6.23. The molecule has 0 spiro atoms. The molecule has 0 radical (unpaired) electrons. The van der Waals surface area contributed by atoms with Crippen LogP contribution in [0.25, 0.3) is 0 Å². The molecule has 0 aliphatic rings. The lowest BCUT2D eigenvalue weighted by atomic mass is 10.1. The van der Waals surface area contributed by atoms with E-state index in [1.54, 1.807) is 26.8 Å². The Labute approximate surface area is 125 Å². The molecule has 0 aromatic heterocycles. The normalized spacial score (nSPS) is 12.9.